The minimum Gasteiger partial charge on any atom is -0.0792 e. The molecule has 0 saturated heterocycles. The third-order valence-electron chi connectivity index (χ3n) is 4.41. The Morgan fingerprint density at radius 1 is 0.565 bits per heavy atom. The summed E-state index contributed by atoms with van der Waals surface area (Å²) in [6, 6.07) is 30.4. The summed E-state index contributed by atoms with van der Waals surface area (Å²) in [6.45, 7) is 2.11. The zero-order valence-electron chi connectivity index (χ0n) is 13.2. The van der Waals surface area contributed by atoms with Crippen molar-refractivity contribution < 1.29 is 0 Å². The molecule has 0 saturated carbocycles. The molecule has 0 atom stereocenters. The van der Waals surface area contributed by atoms with Crippen molar-refractivity contribution >= 4 is 27.1 Å². The number of hydrogen-bond donors (Lipinski definition) is 0. The second kappa shape index (κ2) is 5.73. The maximum absolute atomic E-state index is 2.28. The summed E-state index contributed by atoms with van der Waals surface area (Å²) < 4.78 is 0. The van der Waals surface area contributed by atoms with Gasteiger partial charge >= 0.3 is 0 Å². The van der Waals surface area contributed by atoms with E-state index in [0.29, 0.717) is 0 Å². The first-order chi connectivity index (χ1) is 11.3. The van der Waals surface area contributed by atoms with Crippen LogP contribution in [0.25, 0.3) is 27.1 Å². The van der Waals surface area contributed by atoms with Gasteiger partial charge < -0.3 is 0 Å². The molecule has 0 unspecified atom stereocenters. The number of benzene rings is 4. The van der Waals surface area contributed by atoms with E-state index in [2.05, 4.69) is 97.9 Å². The maximum atomic E-state index is 2.28. The van der Waals surface area contributed by atoms with E-state index in [1.807, 2.05) is 0 Å². The smallest absolute Gasteiger partial charge is 0.0154 e. The van der Waals surface area contributed by atoms with Gasteiger partial charge in [-0.05, 0) is 57.3 Å². The topological polar surface area (TPSA) is 0 Å². The third-order valence-corrected chi connectivity index (χ3v) is 4.41. The molecule has 0 bridgehead atoms. The molecule has 0 amide bonds. The van der Waals surface area contributed by atoms with Crippen molar-refractivity contribution in [3.05, 3.63) is 102 Å². The molecule has 0 aliphatic carbocycles. The van der Waals surface area contributed by atoms with Gasteiger partial charge in [0.25, 0.3) is 0 Å². The van der Waals surface area contributed by atoms with Gasteiger partial charge in [0.15, 0.2) is 0 Å². The molecule has 0 aromatic heterocycles. The summed E-state index contributed by atoms with van der Waals surface area (Å²) in [7, 11) is 0. The number of rotatable bonds is 2. The number of hydrogen-bond acceptors (Lipinski definition) is 0. The van der Waals surface area contributed by atoms with Crippen LogP contribution in [0.2, 0.25) is 0 Å². The van der Waals surface area contributed by atoms with Crippen LogP contribution in [0.1, 0.15) is 18.1 Å². The van der Waals surface area contributed by atoms with Crippen LogP contribution < -0.4 is 0 Å². The monoisotopic (exact) mass is 294 g/mol. The Balaban J connectivity index is 1.85. The Hall–Kier alpha value is -2.86. The van der Waals surface area contributed by atoms with Crippen LogP contribution in [0.5, 0.6) is 0 Å². The largest absolute Gasteiger partial charge is 0.0792 e. The van der Waals surface area contributed by atoms with Crippen molar-refractivity contribution in [2.75, 3.05) is 0 Å². The van der Waals surface area contributed by atoms with Crippen LogP contribution in [0.15, 0.2) is 91.0 Å². The summed E-state index contributed by atoms with van der Waals surface area (Å²) in [4.78, 5) is 0. The van der Waals surface area contributed by atoms with E-state index in [1.54, 1.807) is 0 Å². The van der Waals surface area contributed by atoms with E-state index in [9.17, 15) is 0 Å². The van der Waals surface area contributed by atoms with E-state index in [-0.39, 0.29) is 0 Å². The van der Waals surface area contributed by atoms with E-state index in [4.69, 9.17) is 0 Å². The van der Waals surface area contributed by atoms with Gasteiger partial charge in [0.05, 0.1) is 0 Å². The molecule has 4 rings (SSSR count). The third kappa shape index (κ3) is 2.53. The van der Waals surface area contributed by atoms with E-state index >= 15 is 0 Å². The van der Waals surface area contributed by atoms with Crippen molar-refractivity contribution in [2.24, 2.45) is 0 Å². The molecule has 0 N–H and O–H groups in total. The highest BCUT2D eigenvalue weighted by molar-refractivity contribution is 5.92. The van der Waals surface area contributed by atoms with E-state index < -0.39 is 0 Å². The van der Waals surface area contributed by atoms with Gasteiger partial charge in [-0.25, -0.2) is 0 Å². The van der Waals surface area contributed by atoms with Crippen LogP contribution >= 0.6 is 0 Å². The molecular formula is C23H18. The van der Waals surface area contributed by atoms with Gasteiger partial charge in [-0.1, -0.05) is 78.9 Å². The summed E-state index contributed by atoms with van der Waals surface area (Å²) in [5.74, 6) is 0. The summed E-state index contributed by atoms with van der Waals surface area (Å²) in [5.41, 5.74) is 3.81. The first-order valence-corrected chi connectivity index (χ1v) is 8.00. The molecule has 4 aromatic rings. The lowest BCUT2D eigenvalue weighted by atomic mass is 9.94. The van der Waals surface area contributed by atoms with Gasteiger partial charge in [-0.2, -0.15) is 0 Å². The molecule has 0 radical (unpaired) electrons. The van der Waals surface area contributed by atoms with Crippen LogP contribution in [-0.4, -0.2) is 0 Å². The predicted molar refractivity (Wildman–Crippen MR) is 101 cm³/mol. The molecule has 0 fully saturated rings. The van der Waals surface area contributed by atoms with Gasteiger partial charge in [0.1, 0.15) is 0 Å². The Kier molecular flexibility index (Phi) is 3.44. The van der Waals surface area contributed by atoms with Crippen molar-refractivity contribution in [3.63, 3.8) is 0 Å². The lowest BCUT2D eigenvalue weighted by Crippen LogP contribution is -1.88. The molecule has 0 spiro atoms. The van der Waals surface area contributed by atoms with Crippen molar-refractivity contribution in [1.82, 2.24) is 0 Å². The average molecular weight is 294 g/mol. The molecule has 0 aliphatic rings. The molecule has 23 heavy (non-hydrogen) atoms. The highest BCUT2D eigenvalue weighted by Crippen LogP contribution is 2.28. The minimum atomic E-state index is 1.27. The molecule has 0 aliphatic heterocycles. The first kappa shape index (κ1) is 13.8. The first-order valence-electron chi connectivity index (χ1n) is 8.00. The van der Waals surface area contributed by atoms with Crippen LogP contribution in [-0.2, 0) is 0 Å². The molecule has 0 heterocycles. The Morgan fingerprint density at radius 2 is 1.00 bits per heavy atom. The standard InChI is InChI=1S/C23H18/c1-2-23(21-13-11-17-7-3-5-9-19(17)15-21)22-14-12-18-8-4-6-10-20(18)16-22/h2-16H,1H3. The van der Waals surface area contributed by atoms with Gasteiger partial charge in [-0.3, -0.25) is 0 Å². The highest BCUT2D eigenvalue weighted by atomic mass is 14.1. The second-order valence-electron chi connectivity index (χ2n) is 5.83. The average Bonchev–Trinajstić information content (AvgIpc) is 2.62. The molecule has 110 valence electrons. The van der Waals surface area contributed by atoms with Crippen LogP contribution in [0, 0.1) is 0 Å². The lowest BCUT2D eigenvalue weighted by Gasteiger charge is -2.10. The summed E-state index contributed by atoms with van der Waals surface area (Å²) in [5, 5.41) is 5.13. The molecule has 0 nitrogen and oxygen atoms in total. The highest BCUT2D eigenvalue weighted by Gasteiger charge is 2.06. The van der Waals surface area contributed by atoms with E-state index in [0.717, 1.165) is 0 Å². The Bertz CT molecular complexity index is 941. The Labute approximate surface area is 136 Å². The van der Waals surface area contributed by atoms with Gasteiger partial charge in [0, 0.05) is 0 Å². The minimum absolute atomic E-state index is 1.27. The fourth-order valence-electron chi connectivity index (χ4n) is 3.21. The van der Waals surface area contributed by atoms with Crippen molar-refractivity contribution in [2.45, 2.75) is 6.92 Å². The summed E-state index contributed by atoms with van der Waals surface area (Å²) >= 11 is 0. The second-order valence-corrected chi connectivity index (χ2v) is 5.83. The molecule has 0 heteroatoms. The molecular weight excluding hydrogens is 276 g/mol. The maximum Gasteiger partial charge on any atom is -0.0154 e. The van der Waals surface area contributed by atoms with Gasteiger partial charge in [0.2, 0.25) is 0 Å². The zero-order valence-corrected chi connectivity index (χ0v) is 13.2. The Morgan fingerprint density at radius 3 is 1.43 bits per heavy atom. The van der Waals surface area contributed by atoms with Crippen molar-refractivity contribution in [1.29, 1.82) is 0 Å². The normalized spacial score (nSPS) is 10.8. The van der Waals surface area contributed by atoms with E-state index in [1.165, 1.54) is 38.2 Å². The fourth-order valence-corrected chi connectivity index (χ4v) is 3.21. The van der Waals surface area contributed by atoms with Crippen molar-refractivity contribution in [3.8, 4) is 0 Å². The predicted octanol–water partition coefficient (Wildman–Crippen LogP) is 6.44. The summed E-state index contributed by atoms with van der Waals surface area (Å²) in [6.07, 6.45) is 2.20. The fraction of sp³-hybridized carbons (Fsp3) is 0.0435. The molecule has 4 aromatic carbocycles. The zero-order chi connectivity index (χ0) is 15.6. The number of allylic oxidation sites excluding steroid dienone is 1. The lowest BCUT2D eigenvalue weighted by molar-refractivity contribution is 1.56. The quantitative estimate of drug-likeness (QED) is 0.399. The van der Waals surface area contributed by atoms with Crippen LogP contribution in [0.3, 0.4) is 0 Å². The SMILES string of the molecule is CC=C(c1ccc2ccccc2c1)c1ccc2ccccc2c1. The van der Waals surface area contributed by atoms with Gasteiger partial charge in [-0.15, -0.1) is 0 Å². The number of fused-ring (bicyclic) bond motifs is 2. The van der Waals surface area contributed by atoms with Crippen LogP contribution in [0.4, 0.5) is 0 Å².